The zero-order valence-corrected chi connectivity index (χ0v) is 17.2. The van der Waals surface area contributed by atoms with Crippen LogP contribution in [0.25, 0.3) is 0 Å². The van der Waals surface area contributed by atoms with E-state index in [0.717, 1.165) is 0 Å². The van der Waals surface area contributed by atoms with Gasteiger partial charge in [0.05, 0.1) is 13.2 Å². The van der Waals surface area contributed by atoms with E-state index in [-0.39, 0.29) is 23.6 Å². The highest BCUT2D eigenvalue weighted by Crippen LogP contribution is 2.23. The van der Waals surface area contributed by atoms with E-state index < -0.39 is 22.9 Å². The Balaban J connectivity index is 1.49. The van der Waals surface area contributed by atoms with Crippen molar-refractivity contribution >= 4 is 23.1 Å². The molecular weight excluding hydrogens is 412 g/mol. The number of ketones is 1. The highest BCUT2D eigenvalue weighted by Gasteiger charge is 2.30. The number of aliphatic carboxylic acids is 1. The van der Waals surface area contributed by atoms with E-state index in [4.69, 9.17) is 4.74 Å². The number of anilines is 2. The first kappa shape index (κ1) is 21.5. The first-order valence-electron chi connectivity index (χ1n) is 10.3. The van der Waals surface area contributed by atoms with Crippen LogP contribution >= 0.6 is 0 Å². The first-order chi connectivity index (χ1) is 15.5. The topological polar surface area (TPSA) is 113 Å². The summed E-state index contributed by atoms with van der Waals surface area (Å²) in [4.78, 5) is 50.3. The van der Waals surface area contributed by atoms with Gasteiger partial charge in [0.1, 0.15) is 17.4 Å². The second-order valence-electron chi connectivity index (χ2n) is 7.61. The maximum absolute atomic E-state index is 12.5. The van der Waals surface area contributed by atoms with Crippen molar-refractivity contribution in [1.29, 1.82) is 0 Å². The van der Waals surface area contributed by atoms with E-state index in [1.807, 2.05) is 6.07 Å². The Morgan fingerprint density at radius 3 is 2.19 bits per heavy atom. The second kappa shape index (κ2) is 9.15. The maximum atomic E-state index is 12.5. The average Bonchev–Trinajstić information content (AvgIpc) is 2.83. The van der Waals surface area contributed by atoms with Crippen molar-refractivity contribution < 1.29 is 19.4 Å². The molecule has 1 fully saturated rings. The van der Waals surface area contributed by atoms with Crippen molar-refractivity contribution in [3.05, 3.63) is 91.7 Å². The normalized spacial score (nSPS) is 14.8. The molecular formula is C24H22N2O6. The summed E-state index contributed by atoms with van der Waals surface area (Å²) in [6.07, 6.45) is 0.0799. The fraction of sp³-hybridized carbons (Fsp3) is 0.250. The van der Waals surface area contributed by atoms with Crippen LogP contribution in [0.15, 0.2) is 64.2 Å². The number of benzene rings is 2. The molecule has 0 aliphatic carbocycles. The Morgan fingerprint density at radius 2 is 1.56 bits per heavy atom. The molecule has 0 bridgehead atoms. The van der Waals surface area contributed by atoms with E-state index in [1.54, 1.807) is 53.4 Å². The van der Waals surface area contributed by atoms with E-state index in [1.165, 1.54) is 0 Å². The third kappa shape index (κ3) is 4.31. The summed E-state index contributed by atoms with van der Waals surface area (Å²) in [5.41, 5.74) is 0.705. The molecule has 0 saturated carbocycles. The molecule has 2 N–H and O–H groups in total. The molecule has 4 rings (SSSR count). The molecule has 3 aromatic rings. The van der Waals surface area contributed by atoms with Crippen molar-refractivity contribution in [1.82, 2.24) is 0 Å². The van der Waals surface area contributed by atoms with Crippen molar-refractivity contribution in [2.45, 2.75) is 12.5 Å². The van der Waals surface area contributed by atoms with Crippen molar-refractivity contribution in [2.75, 3.05) is 36.5 Å². The number of rotatable bonds is 8. The molecule has 0 spiro atoms. The fourth-order valence-electron chi connectivity index (χ4n) is 3.76. The molecule has 1 saturated heterocycles. The van der Waals surface area contributed by atoms with Crippen LogP contribution in [0.3, 0.4) is 0 Å². The molecule has 1 heterocycles. The van der Waals surface area contributed by atoms with Crippen LogP contribution < -0.4 is 21.1 Å². The third-order valence-corrected chi connectivity index (χ3v) is 5.52. The van der Waals surface area contributed by atoms with Crippen LogP contribution in [-0.2, 0) is 16.0 Å². The van der Waals surface area contributed by atoms with Gasteiger partial charge in [-0.25, -0.2) is 4.79 Å². The minimum atomic E-state index is -1.14. The number of nitrogens with zero attached hydrogens (tertiary/aromatic N) is 1. The average molecular weight is 434 g/mol. The number of carbonyl (C=O) groups is 2. The molecule has 8 nitrogen and oxygen atoms in total. The molecule has 0 amide bonds. The Hall–Kier alpha value is -3.78. The van der Waals surface area contributed by atoms with E-state index in [0.29, 0.717) is 43.0 Å². The highest BCUT2D eigenvalue weighted by molar-refractivity contribution is 6.08. The molecule has 8 heteroatoms. The van der Waals surface area contributed by atoms with E-state index in [2.05, 4.69) is 5.32 Å². The minimum Gasteiger partial charge on any atom is -0.480 e. The summed E-state index contributed by atoms with van der Waals surface area (Å²) in [6.45, 7) is 1.81. The van der Waals surface area contributed by atoms with Gasteiger partial charge >= 0.3 is 5.97 Å². The van der Waals surface area contributed by atoms with Crippen LogP contribution in [0.5, 0.6) is 0 Å². The monoisotopic (exact) mass is 434 g/mol. The number of carboxylic acids is 1. The quantitative estimate of drug-likeness (QED) is 0.405. The number of ether oxygens (including phenoxy) is 1. The number of hydrogen-bond donors (Lipinski definition) is 2. The molecule has 0 radical (unpaired) electrons. The molecule has 1 atom stereocenters. The molecule has 164 valence electrons. The highest BCUT2D eigenvalue weighted by atomic mass is 16.5. The van der Waals surface area contributed by atoms with Crippen molar-refractivity contribution in [3.63, 3.8) is 0 Å². The largest absolute Gasteiger partial charge is 0.480 e. The summed E-state index contributed by atoms with van der Waals surface area (Å²) < 4.78 is 5.27. The molecule has 1 aliphatic heterocycles. The lowest BCUT2D eigenvalue weighted by Crippen LogP contribution is -2.48. The third-order valence-electron chi connectivity index (χ3n) is 5.52. The van der Waals surface area contributed by atoms with Gasteiger partial charge < -0.3 is 20.1 Å². The number of morpholine rings is 1. The van der Waals surface area contributed by atoms with Gasteiger partial charge in [0.15, 0.2) is 5.78 Å². The number of hydrogen-bond acceptors (Lipinski definition) is 7. The van der Waals surface area contributed by atoms with Gasteiger partial charge in [0, 0.05) is 30.6 Å². The van der Waals surface area contributed by atoms with Gasteiger partial charge in [-0.3, -0.25) is 14.4 Å². The minimum absolute atomic E-state index is 0.0418. The Labute approximate surface area is 183 Å². The van der Waals surface area contributed by atoms with Crippen LogP contribution in [0.4, 0.5) is 11.4 Å². The summed E-state index contributed by atoms with van der Waals surface area (Å²) in [5.74, 6) is -1.26. The van der Waals surface area contributed by atoms with Gasteiger partial charge in [-0.1, -0.05) is 54.6 Å². The lowest BCUT2D eigenvalue weighted by molar-refractivity contribution is -0.137. The Morgan fingerprint density at radius 1 is 0.938 bits per heavy atom. The van der Waals surface area contributed by atoms with Crippen LogP contribution in [0.1, 0.15) is 21.5 Å². The fourth-order valence-corrected chi connectivity index (χ4v) is 3.76. The molecule has 3 aromatic carbocycles. The number of nitrogens with one attached hydrogen (secondary N) is 1. The van der Waals surface area contributed by atoms with Crippen LogP contribution in [0, 0.1) is 0 Å². The molecule has 1 aliphatic rings. The standard InChI is InChI=1S/C24H22N2O6/c27-21(16-4-2-1-3-5-16)17-8-6-15(7-9-17)14-18(24(30)31)25-19-20(23(29)22(19)28)26-10-12-32-13-11-26/h1-9,18,25H,10-14H2,(H,30,31)/t18-/m0/s1. The Bertz CT molecular complexity index is 1190. The lowest BCUT2D eigenvalue weighted by atomic mass is 9.99. The predicted octanol–water partition coefficient (Wildman–Crippen LogP) is 1.46. The lowest BCUT2D eigenvalue weighted by Gasteiger charge is -2.31. The van der Waals surface area contributed by atoms with Gasteiger partial charge in [0.25, 0.3) is 10.9 Å². The molecule has 32 heavy (non-hydrogen) atoms. The van der Waals surface area contributed by atoms with Gasteiger partial charge in [-0.05, 0) is 5.56 Å². The first-order valence-corrected chi connectivity index (χ1v) is 10.3. The summed E-state index contributed by atoms with van der Waals surface area (Å²) in [7, 11) is 0. The van der Waals surface area contributed by atoms with Gasteiger partial charge in [-0.15, -0.1) is 0 Å². The van der Waals surface area contributed by atoms with Crippen molar-refractivity contribution in [3.8, 4) is 0 Å². The van der Waals surface area contributed by atoms with E-state index in [9.17, 15) is 24.3 Å². The predicted molar refractivity (Wildman–Crippen MR) is 119 cm³/mol. The summed E-state index contributed by atoms with van der Waals surface area (Å²) >= 11 is 0. The number of carboxylic acid groups (broad SMARTS) is 1. The van der Waals surface area contributed by atoms with Crippen molar-refractivity contribution in [2.24, 2.45) is 0 Å². The smallest absolute Gasteiger partial charge is 0.326 e. The van der Waals surface area contributed by atoms with Gasteiger partial charge in [-0.2, -0.15) is 0 Å². The molecule has 0 aromatic heterocycles. The van der Waals surface area contributed by atoms with Gasteiger partial charge in [0.2, 0.25) is 0 Å². The Kier molecular flexibility index (Phi) is 6.13. The van der Waals surface area contributed by atoms with Crippen LogP contribution in [0.2, 0.25) is 0 Å². The SMILES string of the molecule is O=C(c1ccccc1)c1ccc(C[C@H](Nc2c(N3CCOCC3)c(=O)c2=O)C(=O)O)cc1. The van der Waals surface area contributed by atoms with E-state index >= 15 is 0 Å². The van der Waals surface area contributed by atoms with Crippen LogP contribution in [-0.4, -0.2) is 49.2 Å². The summed E-state index contributed by atoms with van der Waals surface area (Å²) in [6, 6.07) is 14.5. The summed E-state index contributed by atoms with van der Waals surface area (Å²) in [5, 5.41) is 12.4. The second-order valence-corrected chi connectivity index (χ2v) is 7.61. The number of carbonyl (C=O) groups excluding carboxylic acids is 1. The maximum Gasteiger partial charge on any atom is 0.326 e. The molecule has 0 unspecified atom stereocenters. The zero-order valence-electron chi connectivity index (χ0n) is 17.2. The zero-order chi connectivity index (χ0) is 22.7.